The first-order valence-electron chi connectivity index (χ1n) is 10.7. The summed E-state index contributed by atoms with van der Waals surface area (Å²) >= 11 is 0. The Morgan fingerprint density at radius 1 is 1.03 bits per heavy atom. The van der Waals surface area contributed by atoms with E-state index in [4.69, 9.17) is 19.9 Å². The number of carbonyl (C=O) groups excluding carboxylic acids is 2. The Hall–Kier alpha value is -2.59. The highest BCUT2D eigenvalue weighted by atomic mass is 19.1. The van der Waals surface area contributed by atoms with Gasteiger partial charge in [-0.15, -0.1) is 0 Å². The Morgan fingerprint density at radius 3 is 2.09 bits per heavy atom. The van der Waals surface area contributed by atoms with Crippen LogP contribution in [0.3, 0.4) is 0 Å². The molecule has 0 aromatic heterocycles. The lowest BCUT2D eigenvalue weighted by Gasteiger charge is -2.32. The van der Waals surface area contributed by atoms with Crippen LogP contribution in [-0.2, 0) is 20.7 Å². The van der Waals surface area contributed by atoms with E-state index in [-0.39, 0.29) is 23.2 Å². The molecule has 33 heavy (non-hydrogen) atoms. The van der Waals surface area contributed by atoms with Crippen LogP contribution in [0.5, 0.6) is 0 Å². The summed E-state index contributed by atoms with van der Waals surface area (Å²) in [6.07, 6.45) is 0. The summed E-state index contributed by atoms with van der Waals surface area (Å²) in [5.41, 5.74) is 0.657. The maximum absolute atomic E-state index is 15.8. The number of nitrogens with two attached hydrogens (primary N) is 1. The van der Waals surface area contributed by atoms with Gasteiger partial charge in [-0.3, -0.25) is 9.59 Å². The molecule has 176 valence electrons. The van der Waals surface area contributed by atoms with Crippen molar-refractivity contribution in [2.24, 2.45) is 5.84 Å². The third-order valence-corrected chi connectivity index (χ3v) is 6.20. The van der Waals surface area contributed by atoms with Gasteiger partial charge in [-0.05, 0) is 65.3 Å². The number of hydrogen-bond acceptors (Lipinski definition) is 6. The molecule has 3 rings (SSSR count). The zero-order valence-electron chi connectivity index (χ0n) is 20.1. The van der Waals surface area contributed by atoms with Gasteiger partial charge in [0.05, 0.1) is 23.4 Å². The normalized spacial score (nSPS) is 16.7. The van der Waals surface area contributed by atoms with Crippen molar-refractivity contribution in [3.8, 4) is 0 Å². The maximum atomic E-state index is 15.8. The van der Waals surface area contributed by atoms with Gasteiger partial charge in [0.15, 0.2) is 0 Å². The van der Waals surface area contributed by atoms with Gasteiger partial charge in [0, 0.05) is 18.1 Å². The largest absolute Gasteiger partial charge is 0.498 e. The number of imide groups is 1. The smallest absolute Gasteiger partial charge is 0.399 e. The average molecular weight is 456 g/mol. The summed E-state index contributed by atoms with van der Waals surface area (Å²) in [7, 11) is 0.420. The molecule has 9 heteroatoms. The number of methoxy groups -OCH3 is 1. The molecule has 7 nitrogen and oxygen atoms in total. The standard InChI is InChI=1S/C24H30BFN2O5/c1-14-10-15(2)12-17(11-14)21(29)28(27)22(30)18-9-8-16(13-31-7)19(20(18)26)25-32-23(3,4)24(5,6)33-25/h8-12H,13,27H2,1-7H3. The summed E-state index contributed by atoms with van der Waals surface area (Å²) < 4.78 is 33.0. The second kappa shape index (κ2) is 8.98. The Kier molecular flexibility index (Phi) is 6.82. The number of hydrazine groups is 1. The van der Waals surface area contributed by atoms with Crippen molar-refractivity contribution in [2.45, 2.75) is 59.4 Å². The minimum atomic E-state index is -1.06. The van der Waals surface area contributed by atoms with Crippen molar-refractivity contribution in [3.63, 3.8) is 0 Å². The second-order valence-electron chi connectivity index (χ2n) is 9.38. The van der Waals surface area contributed by atoms with E-state index < -0.39 is 36.0 Å². The van der Waals surface area contributed by atoms with Crippen LogP contribution >= 0.6 is 0 Å². The topological polar surface area (TPSA) is 91.1 Å². The van der Waals surface area contributed by atoms with Gasteiger partial charge >= 0.3 is 7.12 Å². The van der Waals surface area contributed by atoms with Gasteiger partial charge < -0.3 is 14.0 Å². The maximum Gasteiger partial charge on any atom is 0.498 e. The monoisotopic (exact) mass is 456 g/mol. The van der Waals surface area contributed by atoms with Crippen molar-refractivity contribution in [3.05, 3.63) is 64.0 Å². The molecule has 1 heterocycles. The van der Waals surface area contributed by atoms with Crippen LogP contribution in [0, 0.1) is 19.7 Å². The second-order valence-corrected chi connectivity index (χ2v) is 9.38. The predicted molar refractivity (Wildman–Crippen MR) is 123 cm³/mol. The minimum Gasteiger partial charge on any atom is -0.399 e. The number of hydrogen-bond donors (Lipinski definition) is 1. The molecule has 0 atom stereocenters. The first-order chi connectivity index (χ1) is 15.3. The molecular formula is C24H30BFN2O5. The van der Waals surface area contributed by atoms with E-state index in [1.54, 1.807) is 18.2 Å². The molecule has 1 aliphatic rings. The first-order valence-corrected chi connectivity index (χ1v) is 10.7. The summed E-state index contributed by atoms with van der Waals surface area (Å²) in [6.45, 7) is 11.1. The number of ether oxygens (including phenoxy) is 1. The van der Waals surface area contributed by atoms with Crippen LogP contribution < -0.4 is 11.3 Å². The Bertz CT molecular complexity index is 1070. The van der Waals surface area contributed by atoms with Crippen LogP contribution in [0.25, 0.3) is 0 Å². The van der Waals surface area contributed by atoms with E-state index in [0.29, 0.717) is 10.6 Å². The average Bonchev–Trinajstić information content (AvgIpc) is 2.92. The summed E-state index contributed by atoms with van der Waals surface area (Å²) in [4.78, 5) is 25.9. The highest BCUT2D eigenvalue weighted by Gasteiger charge is 2.53. The molecule has 2 aromatic rings. The number of benzene rings is 2. The highest BCUT2D eigenvalue weighted by Crippen LogP contribution is 2.37. The van der Waals surface area contributed by atoms with E-state index in [2.05, 4.69) is 0 Å². The lowest BCUT2D eigenvalue weighted by atomic mass is 9.74. The van der Waals surface area contributed by atoms with Crippen LogP contribution in [0.2, 0.25) is 0 Å². The fourth-order valence-electron chi connectivity index (χ4n) is 3.75. The van der Waals surface area contributed by atoms with E-state index in [1.165, 1.54) is 13.2 Å². The Labute approximate surface area is 194 Å². The molecule has 0 unspecified atom stereocenters. The zero-order chi connectivity index (χ0) is 24.7. The van der Waals surface area contributed by atoms with Gasteiger partial charge in [0.1, 0.15) is 5.82 Å². The van der Waals surface area contributed by atoms with Gasteiger partial charge in [0.2, 0.25) is 0 Å². The summed E-state index contributed by atoms with van der Waals surface area (Å²) in [5.74, 6) is 3.29. The number of nitrogens with zero attached hydrogens (tertiary/aromatic N) is 1. The molecule has 2 amide bonds. The Balaban J connectivity index is 2.01. The molecule has 1 fully saturated rings. The fraction of sp³-hybridized carbons (Fsp3) is 0.417. The number of aryl methyl sites for hydroxylation is 2. The van der Waals surface area contributed by atoms with Gasteiger partial charge in [-0.25, -0.2) is 15.2 Å². The molecule has 0 radical (unpaired) electrons. The zero-order valence-corrected chi connectivity index (χ0v) is 20.1. The van der Waals surface area contributed by atoms with E-state index in [9.17, 15) is 9.59 Å². The third kappa shape index (κ3) is 4.72. The molecule has 0 aliphatic carbocycles. The first kappa shape index (κ1) is 25.0. The van der Waals surface area contributed by atoms with Crippen LogP contribution in [0.1, 0.15) is 65.1 Å². The molecule has 0 spiro atoms. The summed E-state index contributed by atoms with van der Waals surface area (Å²) in [6, 6.07) is 7.97. The third-order valence-electron chi connectivity index (χ3n) is 6.20. The number of carbonyl (C=O) groups is 2. The molecule has 0 saturated carbocycles. The molecule has 2 N–H and O–H groups in total. The van der Waals surface area contributed by atoms with Crippen LogP contribution in [0.4, 0.5) is 4.39 Å². The number of rotatable bonds is 5. The Morgan fingerprint density at radius 2 is 1.58 bits per heavy atom. The van der Waals surface area contributed by atoms with Crippen LogP contribution in [-0.4, -0.2) is 42.3 Å². The predicted octanol–water partition coefficient (Wildman–Crippen LogP) is 3.04. The van der Waals surface area contributed by atoms with Gasteiger partial charge in [-0.2, -0.15) is 0 Å². The van der Waals surface area contributed by atoms with Gasteiger partial charge in [0.25, 0.3) is 11.8 Å². The lowest BCUT2D eigenvalue weighted by molar-refractivity contribution is 0.00578. The lowest BCUT2D eigenvalue weighted by Crippen LogP contribution is -2.45. The molecule has 0 bridgehead atoms. The minimum absolute atomic E-state index is 0.0496. The van der Waals surface area contributed by atoms with Crippen molar-refractivity contribution in [1.29, 1.82) is 0 Å². The highest BCUT2D eigenvalue weighted by molar-refractivity contribution is 6.63. The quantitative estimate of drug-likeness (QED) is 0.245. The fourth-order valence-corrected chi connectivity index (χ4v) is 3.75. The summed E-state index contributed by atoms with van der Waals surface area (Å²) in [5, 5.41) is 0.427. The van der Waals surface area contributed by atoms with E-state index >= 15 is 4.39 Å². The molecule has 2 aromatic carbocycles. The van der Waals surface area contributed by atoms with Crippen molar-refractivity contribution in [1.82, 2.24) is 5.01 Å². The van der Waals surface area contributed by atoms with Gasteiger partial charge in [-0.1, -0.05) is 23.3 Å². The SMILES string of the molecule is COCc1ccc(C(=O)N(N)C(=O)c2cc(C)cc(C)c2)c(F)c1B1OC(C)(C)C(C)(C)O1. The van der Waals surface area contributed by atoms with Crippen molar-refractivity contribution < 1.29 is 28.0 Å². The van der Waals surface area contributed by atoms with Crippen LogP contribution in [0.15, 0.2) is 30.3 Å². The van der Waals surface area contributed by atoms with E-state index in [0.717, 1.165) is 11.1 Å². The molecule has 1 aliphatic heterocycles. The van der Waals surface area contributed by atoms with Crippen molar-refractivity contribution in [2.75, 3.05) is 7.11 Å². The number of amides is 2. The van der Waals surface area contributed by atoms with E-state index in [1.807, 2.05) is 47.6 Å². The van der Waals surface area contributed by atoms with Crippen molar-refractivity contribution >= 4 is 24.4 Å². The number of halogens is 1. The molecule has 1 saturated heterocycles. The molecular weight excluding hydrogens is 426 g/mol.